The molecule has 0 fully saturated rings. The summed E-state index contributed by atoms with van der Waals surface area (Å²) in [6, 6.07) is -0.857. The number of hydrogen-bond acceptors (Lipinski definition) is 5. The van der Waals surface area contributed by atoms with Crippen molar-refractivity contribution in [2.45, 2.75) is 25.8 Å². The van der Waals surface area contributed by atoms with Crippen molar-refractivity contribution in [1.82, 2.24) is 15.3 Å². The average Bonchev–Trinajstić information content (AvgIpc) is 2.35. The fourth-order valence-corrected chi connectivity index (χ4v) is 1.19. The van der Waals surface area contributed by atoms with E-state index in [-0.39, 0.29) is 18.9 Å². The summed E-state index contributed by atoms with van der Waals surface area (Å²) in [5.74, 6) is -0.247. The summed E-state index contributed by atoms with van der Waals surface area (Å²) in [6.07, 6.45) is 4.08. The Labute approximate surface area is 105 Å². The molecular weight excluding hydrogens is 234 g/mol. The first-order chi connectivity index (χ1) is 8.49. The van der Waals surface area contributed by atoms with E-state index in [0.29, 0.717) is 12.2 Å². The Bertz CT molecular complexity index is 418. The lowest BCUT2D eigenvalue weighted by atomic mass is 10.2. The summed E-state index contributed by atoms with van der Waals surface area (Å²) in [7, 11) is 0. The van der Waals surface area contributed by atoms with Crippen LogP contribution in [0.15, 0.2) is 12.4 Å². The highest BCUT2D eigenvalue weighted by Gasteiger charge is 2.10. The number of carbonyl (C=O) groups is 2. The second-order valence-corrected chi connectivity index (χ2v) is 3.99. The van der Waals surface area contributed by atoms with Crippen LogP contribution >= 0.6 is 0 Å². The van der Waals surface area contributed by atoms with Crippen LogP contribution in [0.3, 0.4) is 0 Å². The molecule has 0 unspecified atom stereocenters. The first-order valence-corrected chi connectivity index (χ1v) is 5.58. The zero-order valence-electron chi connectivity index (χ0n) is 10.2. The second-order valence-electron chi connectivity index (χ2n) is 3.99. The van der Waals surface area contributed by atoms with E-state index in [2.05, 4.69) is 15.3 Å². The zero-order valence-corrected chi connectivity index (χ0v) is 10.2. The molecule has 2 amide bonds. The van der Waals surface area contributed by atoms with Gasteiger partial charge in [-0.15, -0.1) is 0 Å². The molecule has 0 spiro atoms. The Morgan fingerprint density at radius 2 is 2.00 bits per heavy atom. The van der Waals surface area contributed by atoms with Crippen LogP contribution < -0.4 is 16.8 Å². The van der Waals surface area contributed by atoms with Gasteiger partial charge in [-0.1, -0.05) is 0 Å². The Morgan fingerprint density at radius 1 is 1.39 bits per heavy atom. The molecule has 1 aromatic rings. The zero-order chi connectivity index (χ0) is 13.5. The molecule has 0 aromatic carbocycles. The van der Waals surface area contributed by atoms with Crippen LogP contribution in [-0.4, -0.2) is 34.4 Å². The van der Waals surface area contributed by atoms with Gasteiger partial charge in [0.05, 0.1) is 0 Å². The van der Waals surface area contributed by atoms with E-state index >= 15 is 0 Å². The monoisotopic (exact) mass is 251 g/mol. The number of primary amides is 1. The van der Waals surface area contributed by atoms with Gasteiger partial charge in [-0.2, -0.15) is 0 Å². The Balaban J connectivity index is 2.29. The molecule has 18 heavy (non-hydrogen) atoms. The number of nitrogens with two attached hydrogens (primary N) is 2. The minimum absolute atomic E-state index is 0.0446. The molecule has 5 N–H and O–H groups in total. The first kappa shape index (κ1) is 14.0. The van der Waals surface area contributed by atoms with Crippen molar-refractivity contribution in [3.8, 4) is 0 Å². The average molecular weight is 251 g/mol. The maximum atomic E-state index is 11.4. The van der Waals surface area contributed by atoms with E-state index in [4.69, 9.17) is 11.5 Å². The van der Waals surface area contributed by atoms with Gasteiger partial charge in [0, 0.05) is 31.8 Å². The highest BCUT2D eigenvalue weighted by molar-refractivity contribution is 5.81. The molecule has 0 saturated heterocycles. The molecule has 0 aliphatic heterocycles. The number of aryl methyl sites for hydroxylation is 2. The summed E-state index contributed by atoms with van der Waals surface area (Å²) in [6.45, 7) is 1.94. The number of rotatable bonds is 6. The lowest BCUT2D eigenvalue weighted by Gasteiger charge is -2.08. The maximum Gasteiger partial charge on any atom is 0.236 e. The third-order valence-corrected chi connectivity index (χ3v) is 2.29. The molecule has 0 bridgehead atoms. The highest BCUT2D eigenvalue weighted by Crippen LogP contribution is 1.97. The molecule has 7 nitrogen and oxygen atoms in total. The quantitative estimate of drug-likeness (QED) is 0.576. The SMILES string of the molecule is Cc1cnc(CCC(=O)NC[C@H](N)C(N)=O)nc1. The van der Waals surface area contributed by atoms with E-state index in [0.717, 1.165) is 5.56 Å². The van der Waals surface area contributed by atoms with Gasteiger partial charge in [0.15, 0.2) is 0 Å². The van der Waals surface area contributed by atoms with Crippen LogP contribution in [0.4, 0.5) is 0 Å². The van der Waals surface area contributed by atoms with Crippen molar-refractivity contribution in [3.63, 3.8) is 0 Å². The van der Waals surface area contributed by atoms with Crippen LogP contribution in [0.5, 0.6) is 0 Å². The Morgan fingerprint density at radius 3 is 2.56 bits per heavy atom. The van der Waals surface area contributed by atoms with Crippen LogP contribution in [0.25, 0.3) is 0 Å². The van der Waals surface area contributed by atoms with Gasteiger partial charge in [0.1, 0.15) is 11.9 Å². The highest BCUT2D eigenvalue weighted by atomic mass is 16.2. The summed E-state index contributed by atoms with van der Waals surface area (Å²) in [4.78, 5) is 30.3. The molecule has 1 atom stereocenters. The fourth-order valence-electron chi connectivity index (χ4n) is 1.19. The number of amides is 2. The maximum absolute atomic E-state index is 11.4. The number of hydrogen-bond donors (Lipinski definition) is 3. The van der Waals surface area contributed by atoms with Crippen molar-refractivity contribution in [1.29, 1.82) is 0 Å². The van der Waals surface area contributed by atoms with Gasteiger partial charge in [0.2, 0.25) is 11.8 Å². The lowest BCUT2D eigenvalue weighted by molar-refractivity contribution is -0.121. The third-order valence-electron chi connectivity index (χ3n) is 2.29. The number of carbonyl (C=O) groups excluding carboxylic acids is 2. The minimum atomic E-state index is -0.857. The molecule has 1 heterocycles. The topological polar surface area (TPSA) is 124 Å². The largest absolute Gasteiger partial charge is 0.368 e. The van der Waals surface area contributed by atoms with Crippen LogP contribution in [0.1, 0.15) is 17.8 Å². The summed E-state index contributed by atoms with van der Waals surface area (Å²) in [5.41, 5.74) is 11.3. The molecular formula is C11H17N5O2. The van der Waals surface area contributed by atoms with Crippen molar-refractivity contribution in [2.24, 2.45) is 11.5 Å². The second kappa shape index (κ2) is 6.65. The van der Waals surface area contributed by atoms with E-state index < -0.39 is 11.9 Å². The third kappa shape index (κ3) is 4.88. The number of aromatic nitrogens is 2. The molecule has 0 saturated carbocycles. The smallest absolute Gasteiger partial charge is 0.236 e. The lowest BCUT2D eigenvalue weighted by Crippen LogP contribution is -2.45. The predicted octanol–water partition coefficient (Wildman–Crippen LogP) is -1.35. The number of nitrogens with one attached hydrogen (secondary N) is 1. The fraction of sp³-hybridized carbons (Fsp3) is 0.455. The van der Waals surface area contributed by atoms with Crippen molar-refractivity contribution in [2.75, 3.05) is 6.54 Å². The van der Waals surface area contributed by atoms with E-state index in [1.54, 1.807) is 12.4 Å². The molecule has 0 radical (unpaired) electrons. The molecule has 0 aliphatic carbocycles. The first-order valence-electron chi connectivity index (χ1n) is 5.58. The predicted molar refractivity (Wildman–Crippen MR) is 65.3 cm³/mol. The van der Waals surface area contributed by atoms with Crippen LogP contribution in [0.2, 0.25) is 0 Å². The Hall–Kier alpha value is -2.02. The van der Waals surface area contributed by atoms with E-state index in [9.17, 15) is 9.59 Å². The van der Waals surface area contributed by atoms with Crippen molar-refractivity contribution >= 4 is 11.8 Å². The standard InChI is InChI=1S/C11H17N5O2/c1-7-4-14-9(15-5-7)2-3-10(17)16-6-8(12)11(13)18/h4-5,8H,2-3,6,12H2,1H3,(H2,13,18)(H,16,17)/t8-/m0/s1. The van der Waals surface area contributed by atoms with Gasteiger partial charge in [0.25, 0.3) is 0 Å². The number of nitrogens with zero attached hydrogens (tertiary/aromatic N) is 2. The van der Waals surface area contributed by atoms with Crippen molar-refractivity contribution in [3.05, 3.63) is 23.8 Å². The summed E-state index contributed by atoms with van der Waals surface area (Å²) < 4.78 is 0. The molecule has 0 aliphatic rings. The molecule has 98 valence electrons. The van der Waals surface area contributed by atoms with Gasteiger partial charge in [-0.05, 0) is 12.5 Å². The van der Waals surface area contributed by atoms with Crippen LogP contribution in [-0.2, 0) is 16.0 Å². The van der Waals surface area contributed by atoms with Gasteiger partial charge < -0.3 is 16.8 Å². The molecule has 1 aromatic heterocycles. The van der Waals surface area contributed by atoms with Gasteiger partial charge in [-0.25, -0.2) is 9.97 Å². The van der Waals surface area contributed by atoms with Gasteiger partial charge in [-0.3, -0.25) is 9.59 Å². The molecule has 7 heteroatoms. The molecule has 1 rings (SSSR count). The van der Waals surface area contributed by atoms with Gasteiger partial charge >= 0.3 is 0 Å². The van der Waals surface area contributed by atoms with Crippen LogP contribution in [0, 0.1) is 6.92 Å². The van der Waals surface area contributed by atoms with E-state index in [1.165, 1.54) is 0 Å². The summed E-state index contributed by atoms with van der Waals surface area (Å²) in [5, 5.41) is 2.53. The Kier molecular flexibility index (Phi) is 5.19. The van der Waals surface area contributed by atoms with E-state index in [1.807, 2.05) is 6.92 Å². The summed E-state index contributed by atoms with van der Waals surface area (Å²) >= 11 is 0. The minimum Gasteiger partial charge on any atom is -0.368 e. The van der Waals surface area contributed by atoms with Crippen molar-refractivity contribution < 1.29 is 9.59 Å². The normalized spacial score (nSPS) is 11.9.